The lowest BCUT2D eigenvalue weighted by Crippen LogP contribution is -2.55. The van der Waals surface area contributed by atoms with Crippen LogP contribution in [-0.4, -0.2) is 29.2 Å². The molecule has 2 atom stereocenters. The van der Waals surface area contributed by atoms with Crippen LogP contribution < -0.4 is 0 Å². The van der Waals surface area contributed by atoms with Crippen molar-refractivity contribution in [1.82, 2.24) is 4.90 Å². The Kier molecular flexibility index (Phi) is 2.30. The van der Waals surface area contributed by atoms with Gasteiger partial charge in [0.05, 0.1) is 6.61 Å². The molecule has 0 aliphatic carbocycles. The SMILES string of the molecule is CC[C@@H]1CC(=O)N2[C@@H]1CCOC2(C)C. The van der Waals surface area contributed by atoms with Crippen molar-refractivity contribution in [2.45, 2.75) is 51.8 Å². The molecular formula is C11H19NO2. The minimum atomic E-state index is -0.385. The zero-order valence-corrected chi connectivity index (χ0v) is 9.25. The summed E-state index contributed by atoms with van der Waals surface area (Å²) in [6.45, 7) is 6.95. The fraction of sp³-hybridized carbons (Fsp3) is 0.909. The molecule has 1 amide bonds. The average Bonchev–Trinajstić information content (AvgIpc) is 2.43. The Bertz CT molecular complexity index is 250. The molecule has 14 heavy (non-hydrogen) atoms. The first kappa shape index (κ1) is 9.97. The van der Waals surface area contributed by atoms with Gasteiger partial charge in [-0.1, -0.05) is 13.3 Å². The molecule has 2 heterocycles. The Morgan fingerprint density at radius 1 is 1.57 bits per heavy atom. The van der Waals surface area contributed by atoms with Crippen LogP contribution in [0, 0.1) is 5.92 Å². The van der Waals surface area contributed by atoms with Crippen LogP contribution >= 0.6 is 0 Å². The summed E-state index contributed by atoms with van der Waals surface area (Å²) in [5, 5.41) is 0. The lowest BCUT2D eigenvalue weighted by atomic mass is 9.94. The third-order valence-corrected chi connectivity index (χ3v) is 3.55. The van der Waals surface area contributed by atoms with E-state index in [4.69, 9.17) is 4.74 Å². The predicted octanol–water partition coefficient (Wildman–Crippen LogP) is 1.77. The number of rotatable bonds is 1. The summed E-state index contributed by atoms with van der Waals surface area (Å²) in [5.41, 5.74) is -0.385. The topological polar surface area (TPSA) is 29.5 Å². The van der Waals surface area contributed by atoms with E-state index in [1.807, 2.05) is 18.7 Å². The molecule has 0 radical (unpaired) electrons. The molecule has 80 valence electrons. The van der Waals surface area contributed by atoms with Gasteiger partial charge in [-0.2, -0.15) is 0 Å². The van der Waals surface area contributed by atoms with E-state index in [2.05, 4.69) is 6.92 Å². The van der Waals surface area contributed by atoms with E-state index < -0.39 is 0 Å². The van der Waals surface area contributed by atoms with E-state index in [0.717, 1.165) is 19.4 Å². The van der Waals surface area contributed by atoms with Crippen LogP contribution in [0.25, 0.3) is 0 Å². The normalized spacial score (nSPS) is 35.9. The van der Waals surface area contributed by atoms with Gasteiger partial charge in [0.1, 0.15) is 5.72 Å². The molecule has 0 unspecified atom stereocenters. The highest BCUT2D eigenvalue weighted by Gasteiger charge is 2.48. The summed E-state index contributed by atoms with van der Waals surface area (Å²) >= 11 is 0. The van der Waals surface area contributed by atoms with Gasteiger partial charge in [-0.05, 0) is 26.2 Å². The van der Waals surface area contributed by atoms with Crippen molar-refractivity contribution in [1.29, 1.82) is 0 Å². The first-order valence-electron chi connectivity index (χ1n) is 5.52. The number of hydrogen-bond acceptors (Lipinski definition) is 2. The van der Waals surface area contributed by atoms with Gasteiger partial charge < -0.3 is 9.64 Å². The van der Waals surface area contributed by atoms with Crippen LogP contribution in [0.15, 0.2) is 0 Å². The molecular weight excluding hydrogens is 178 g/mol. The van der Waals surface area contributed by atoms with Gasteiger partial charge in [0.15, 0.2) is 0 Å². The Balaban J connectivity index is 2.24. The van der Waals surface area contributed by atoms with Crippen LogP contribution in [0.4, 0.5) is 0 Å². The van der Waals surface area contributed by atoms with Gasteiger partial charge in [-0.25, -0.2) is 0 Å². The highest BCUT2D eigenvalue weighted by atomic mass is 16.5. The molecule has 0 N–H and O–H groups in total. The fourth-order valence-electron chi connectivity index (χ4n) is 2.83. The third kappa shape index (κ3) is 1.34. The number of ether oxygens (including phenoxy) is 1. The maximum Gasteiger partial charge on any atom is 0.225 e. The van der Waals surface area contributed by atoms with Crippen molar-refractivity contribution < 1.29 is 9.53 Å². The summed E-state index contributed by atoms with van der Waals surface area (Å²) in [5.74, 6) is 0.817. The van der Waals surface area contributed by atoms with E-state index in [1.165, 1.54) is 0 Å². The smallest absolute Gasteiger partial charge is 0.225 e. The molecule has 0 spiro atoms. The predicted molar refractivity (Wildman–Crippen MR) is 53.7 cm³/mol. The molecule has 0 aromatic rings. The molecule has 0 bridgehead atoms. The van der Waals surface area contributed by atoms with Crippen molar-refractivity contribution >= 4 is 5.91 Å². The molecule has 0 saturated carbocycles. The number of nitrogens with zero attached hydrogens (tertiary/aromatic N) is 1. The minimum Gasteiger partial charge on any atom is -0.356 e. The Morgan fingerprint density at radius 2 is 2.29 bits per heavy atom. The second-order valence-corrected chi connectivity index (χ2v) is 4.79. The maximum absolute atomic E-state index is 11.8. The van der Waals surface area contributed by atoms with E-state index in [1.54, 1.807) is 0 Å². The zero-order valence-electron chi connectivity index (χ0n) is 9.25. The highest BCUT2D eigenvalue weighted by molar-refractivity contribution is 5.80. The molecule has 0 aromatic heterocycles. The van der Waals surface area contributed by atoms with Crippen LogP contribution in [0.1, 0.15) is 40.0 Å². The molecule has 2 aliphatic heterocycles. The average molecular weight is 197 g/mol. The quantitative estimate of drug-likeness (QED) is 0.641. The number of hydrogen-bond donors (Lipinski definition) is 0. The lowest BCUT2D eigenvalue weighted by molar-refractivity contribution is -0.187. The Hall–Kier alpha value is -0.570. The van der Waals surface area contributed by atoms with E-state index in [0.29, 0.717) is 18.4 Å². The van der Waals surface area contributed by atoms with E-state index >= 15 is 0 Å². The molecule has 2 aliphatic rings. The zero-order chi connectivity index (χ0) is 10.3. The standard InChI is InChI=1S/C11H19NO2/c1-4-8-7-10(13)12-9(8)5-6-14-11(12,2)3/h8-9H,4-7H2,1-3H3/t8-,9-/m1/s1. The van der Waals surface area contributed by atoms with Crippen molar-refractivity contribution in [3.8, 4) is 0 Å². The molecule has 3 heteroatoms. The van der Waals surface area contributed by atoms with Gasteiger partial charge in [-0.3, -0.25) is 4.79 Å². The summed E-state index contributed by atoms with van der Waals surface area (Å²) < 4.78 is 5.65. The summed E-state index contributed by atoms with van der Waals surface area (Å²) in [6.07, 6.45) is 2.82. The third-order valence-electron chi connectivity index (χ3n) is 3.55. The van der Waals surface area contributed by atoms with Crippen molar-refractivity contribution in [2.75, 3.05) is 6.61 Å². The Morgan fingerprint density at radius 3 is 2.93 bits per heavy atom. The highest BCUT2D eigenvalue weighted by Crippen LogP contribution is 2.39. The van der Waals surface area contributed by atoms with E-state index in [-0.39, 0.29) is 11.6 Å². The van der Waals surface area contributed by atoms with Gasteiger partial charge in [0.25, 0.3) is 0 Å². The van der Waals surface area contributed by atoms with Crippen molar-refractivity contribution in [2.24, 2.45) is 5.92 Å². The lowest BCUT2D eigenvalue weighted by Gasteiger charge is -2.45. The maximum atomic E-state index is 11.8. The second kappa shape index (κ2) is 3.23. The Labute approximate surface area is 85.4 Å². The van der Waals surface area contributed by atoms with Crippen molar-refractivity contribution in [3.63, 3.8) is 0 Å². The minimum absolute atomic E-state index is 0.270. The molecule has 2 rings (SSSR count). The van der Waals surface area contributed by atoms with Crippen LogP contribution in [0.5, 0.6) is 0 Å². The second-order valence-electron chi connectivity index (χ2n) is 4.79. The fourth-order valence-corrected chi connectivity index (χ4v) is 2.83. The molecule has 2 fully saturated rings. The van der Waals surface area contributed by atoms with Crippen LogP contribution in [0.3, 0.4) is 0 Å². The van der Waals surface area contributed by atoms with Gasteiger partial charge >= 0.3 is 0 Å². The molecule has 0 aromatic carbocycles. The monoisotopic (exact) mass is 197 g/mol. The first-order chi connectivity index (χ1) is 6.56. The number of carbonyl (C=O) groups is 1. The van der Waals surface area contributed by atoms with Crippen LogP contribution in [-0.2, 0) is 9.53 Å². The number of carbonyl (C=O) groups excluding carboxylic acids is 1. The number of fused-ring (bicyclic) bond motifs is 1. The number of amides is 1. The summed E-state index contributed by atoms with van der Waals surface area (Å²) in [7, 11) is 0. The van der Waals surface area contributed by atoms with E-state index in [9.17, 15) is 4.79 Å². The van der Waals surface area contributed by atoms with Gasteiger partial charge in [0, 0.05) is 12.5 Å². The molecule has 2 saturated heterocycles. The van der Waals surface area contributed by atoms with Gasteiger partial charge in [0.2, 0.25) is 5.91 Å². The van der Waals surface area contributed by atoms with Gasteiger partial charge in [-0.15, -0.1) is 0 Å². The van der Waals surface area contributed by atoms with Crippen LogP contribution in [0.2, 0.25) is 0 Å². The summed E-state index contributed by atoms with van der Waals surface area (Å²) in [6, 6.07) is 0.427. The molecule has 3 nitrogen and oxygen atoms in total. The largest absolute Gasteiger partial charge is 0.356 e. The first-order valence-corrected chi connectivity index (χ1v) is 5.52. The summed E-state index contributed by atoms with van der Waals surface area (Å²) in [4.78, 5) is 13.8. The van der Waals surface area contributed by atoms with Crippen molar-refractivity contribution in [3.05, 3.63) is 0 Å².